The molecule has 4 aromatic rings. The van der Waals surface area contributed by atoms with Crippen LogP contribution in [-0.4, -0.2) is 16.0 Å². The van der Waals surface area contributed by atoms with Gasteiger partial charge in [0.25, 0.3) is 5.91 Å². The monoisotopic (exact) mass is 407 g/mol. The minimum absolute atomic E-state index is 0.177. The number of carbonyl (C=O) groups excluding carboxylic acids is 1. The average Bonchev–Trinajstić information content (AvgIpc) is 3.12. The van der Waals surface area contributed by atoms with Crippen LogP contribution in [0.2, 0.25) is 5.02 Å². The molecule has 3 aromatic carbocycles. The molecule has 1 aromatic heterocycles. The van der Waals surface area contributed by atoms with Crippen molar-refractivity contribution in [3.8, 4) is 11.5 Å². The molecule has 28 heavy (non-hydrogen) atoms. The summed E-state index contributed by atoms with van der Waals surface area (Å²) in [7, 11) is 0. The predicted molar refractivity (Wildman–Crippen MR) is 115 cm³/mol. The molecule has 0 unspecified atom stereocenters. The molecule has 0 bridgehead atoms. The van der Waals surface area contributed by atoms with Gasteiger partial charge >= 0.3 is 0 Å². The fourth-order valence-electron chi connectivity index (χ4n) is 2.68. The lowest BCUT2D eigenvalue weighted by Crippen LogP contribution is -2.34. The fourth-order valence-corrected chi connectivity index (χ4v) is 3.08. The number of halogens is 1. The molecule has 4 rings (SSSR count). The lowest BCUT2D eigenvalue weighted by molar-refractivity contribution is 0.0977. The van der Waals surface area contributed by atoms with Gasteiger partial charge in [-0.1, -0.05) is 35.9 Å². The summed E-state index contributed by atoms with van der Waals surface area (Å²) in [4.78, 5) is 16.8. The van der Waals surface area contributed by atoms with Crippen molar-refractivity contribution in [1.29, 1.82) is 0 Å². The van der Waals surface area contributed by atoms with Crippen LogP contribution in [0.5, 0.6) is 0 Å². The normalized spacial score (nSPS) is 10.6. The summed E-state index contributed by atoms with van der Waals surface area (Å²) in [5.74, 6) is 0.207. The number of benzene rings is 3. The lowest BCUT2D eigenvalue weighted by atomic mass is 10.2. The van der Waals surface area contributed by atoms with Gasteiger partial charge in [-0.3, -0.25) is 10.1 Å². The topological polar surface area (TPSA) is 67.2 Å². The Kier molecular flexibility index (Phi) is 5.06. The summed E-state index contributed by atoms with van der Waals surface area (Å²) in [5.41, 5.74) is 3.37. The Balaban J connectivity index is 1.48. The highest BCUT2D eigenvalue weighted by Gasteiger charge is 2.11. The van der Waals surface area contributed by atoms with E-state index in [1.807, 2.05) is 36.4 Å². The zero-order valence-electron chi connectivity index (χ0n) is 14.5. The zero-order valence-corrected chi connectivity index (χ0v) is 16.1. The van der Waals surface area contributed by atoms with Crippen LogP contribution in [0.3, 0.4) is 0 Å². The molecule has 138 valence electrons. The van der Waals surface area contributed by atoms with E-state index in [1.54, 1.807) is 36.4 Å². The number of carbonyl (C=O) groups is 1. The molecule has 0 spiro atoms. The third kappa shape index (κ3) is 4.03. The van der Waals surface area contributed by atoms with Gasteiger partial charge in [-0.25, -0.2) is 4.98 Å². The molecule has 0 atom stereocenters. The maximum absolute atomic E-state index is 12.2. The number of rotatable bonds is 3. The van der Waals surface area contributed by atoms with Crippen LogP contribution in [-0.2, 0) is 0 Å². The van der Waals surface area contributed by atoms with Crippen molar-refractivity contribution in [3.63, 3.8) is 0 Å². The van der Waals surface area contributed by atoms with Crippen molar-refractivity contribution in [2.75, 3.05) is 5.32 Å². The molecule has 0 aliphatic heterocycles. The lowest BCUT2D eigenvalue weighted by Gasteiger charge is -2.09. The number of anilines is 1. The second kappa shape index (κ2) is 7.80. The van der Waals surface area contributed by atoms with Gasteiger partial charge in [0.2, 0.25) is 5.89 Å². The molecule has 0 fully saturated rings. The maximum Gasteiger partial charge on any atom is 0.257 e. The van der Waals surface area contributed by atoms with Crippen molar-refractivity contribution < 1.29 is 9.21 Å². The molecule has 2 N–H and O–H groups in total. The molecular formula is C21H14ClN3O2S. The van der Waals surface area contributed by atoms with Crippen LogP contribution < -0.4 is 10.6 Å². The van der Waals surface area contributed by atoms with E-state index in [2.05, 4.69) is 15.6 Å². The molecule has 1 amide bonds. The van der Waals surface area contributed by atoms with Crippen molar-refractivity contribution >= 4 is 51.6 Å². The zero-order chi connectivity index (χ0) is 19.5. The standard InChI is InChI=1S/C21H14ClN3O2S/c22-15-8-4-7-14(11-15)19(26)25-21(28)23-16-9-10-18-17(12-16)24-20(27-18)13-5-2-1-3-6-13/h1-12H,(H2,23,25,26,28). The minimum Gasteiger partial charge on any atom is -0.436 e. The van der Waals surface area contributed by atoms with Gasteiger partial charge in [0.15, 0.2) is 10.7 Å². The van der Waals surface area contributed by atoms with E-state index in [0.717, 1.165) is 5.56 Å². The third-order valence-corrected chi connectivity index (χ3v) is 4.42. The van der Waals surface area contributed by atoms with Crippen LogP contribution in [0.25, 0.3) is 22.6 Å². The van der Waals surface area contributed by atoms with Crippen molar-refractivity contribution in [1.82, 2.24) is 10.3 Å². The minimum atomic E-state index is -0.339. The van der Waals surface area contributed by atoms with Crippen molar-refractivity contribution in [3.05, 3.63) is 83.4 Å². The van der Waals surface area contributed by atoms with E-state index in [0.29, 0.717) is 33.3 Å². The summed E-state index contributed by atoms with van der Waals surface area (Å²) in [6, 6.07) is 21.7. The van der Waals surface area contributed by atoms with Gasteiger partial charge in [-0.15, -0.1) is 0 Å². The van der Waals surface area contributed by atoms with Gasteiger partial charge in [-0.2, -0.15) is 0 Å². The smallest absolute Gasteiger partial charge is 0.257 e. The summed E-state index contributed by atoms with van der Waals surface area (Å²) in [6.07, 6.45) is 0. The quantitative estimate of drug-likeness (QED) is 0.452. The Morgan fingerprint density at radius 2 is 1.82 bits per heavy atom. The number of amides is 1. The van der Waals surface area contributed by atoms with Gasteiger partial charge in [0, 0.05) is 21.8 Å². The number of hydrogen-bond acceptors (Lipinski definition) is 4. The maximum atomic E-state index is 12.2. The third-order valence-electron chi connectivity index (χ3n) is 3.98. The Morgan fingerprint density at radius 3 is 2.61 bits per heavy atom. The Morgan fingerprint density at radius 1 is 1.00 bits per heavy atom. The van der Waals surface area contributed by atoms with E-state index < -0.39 is 0 Å². The molecule has 0 aliphatic carbocycles. The van der Waals surface area contributed by atoms with E-state index in [9.17, 15) is 4.79 Å². The van der Waals surface area contributed by atoms with Gasteiger partial charge < -0.3 is 9.73 Å². The molecule has 0 saturated carbocycles. The SMILES string of the molecule is O=C(NC(=S)Nc1ccc2oc(-c3ccccc3)nc2c1)c1cccc(Cl)c1. The number of oxazole rings is 1. The second-order valence-electron chi connectivity index (χ2n) is 5.99. The number of nitrogens with zero attached hydrogens (tertiary/aromatic N) is 1. The molecule has 1 heterocycles. The number of nitrogens with one attached hydrogen (secondary N) is 2. The summed E-state index contributed by atoms with van der Waals surface area (Å²) in [5, 5.41) is 6.27. The van der Waals surface area contributed by atoms with Gasteiger partial charge in [0.05, 0.1) is 0 Å². The van der Waals surface area contributed by atoms with Crippen LogP contribution in [0.1, 0.15) is 10.4 Å². The van der Waals surface area contributed by atoms with E-state index in [1.165, 1.54) is 0 Å². The van der Waals surface area contributed by atoms with E-state index in [-0.39, 0.29) is 11.0 Å². The first kappa shape index (κ1) is 18.2. The predicted octanol–water partition coefficient (Wildman–Crippen LogP) is 5.28. The number of thiocarbonyl (C=S) groups is 1. The van der Waals surface area contributed by atoms with Crippen molar-refractivity contribution in [2.45, 2.75) is 0 Å². The highest BCUT2D eigenvalue weighted by Crippen LogP contribution is 2.26. The largest absolute Gasteiger partial charge is 0.436 e. The fraction of sp³-hybridized carbons (Fsp3) is 0. The average molecular weight is 408 g/mol. The first-order valence-electron chi connectivity index (χ1n) is 8.42. The van der Waals surface area contributed by atoms with Gasteiger partial charge in [-0.05, 0) is 60.7 Å². The van der Waals surface area contributed by atoms with Crippen molar-refractivity contribution in [2.24, 2.45) is 0 Å². The Bertz CT molecular complexity index is 1170. The summed E-state index contributed by atoms with van der Waals surface area (Å²) >= 11 is 11.1. The summed E-state index contributed by atoms with van der Waals surface area (Å²) in [6.45, 7) is 0. The number of hydrogen-bond donors (Lipinski definition) is 2. The van der Waals surface area contributed by atoms with Crippen LogP contribution in [0.15, 0.2) is 77.2 Å². The van der Waals surface area contributed by atoms with Gasteiger partial charge in [0.1, 0.15) is 5.52 Å². The van der Waals surface area contributed by atoms with Crippen LogP contribution in [0, 0.1) is 0 Å². The molecule has 0 radical (unpaired) electrons. The first-order valence-corrected chi connectivity index (χ1v) is 9.21. The van der Waals surface area contributed by atoms with E-state index >= 15 is 0 Å². The second-order valence-corrected chi connectivity index (χ2v) is 6.83. The van der Waals surface area contributed by atoms with Crippen LogP contribution >= 0.6 is 23.8 Å². The molecule has 0 aliphatic rings. The molecular weight excluding hydrogens is 394 g/mol. The molecule has 7 heteroatoms. The summed E-state index contributed by atoms with van der Waals surface area (Å²) < 4.78 is 5.79. The highest BCUT2D eigenvalue weighted by molar-refractivity contribution is 7.80. The first-order chi connectivity index (χ1) is 13.6. The number of fused-ring (bicyclic) bond motifs is 1. The Hall–Kier alpha value is -3.22. The molecule has 0 saturated heterocycles. The molecule has 5 nitrogen and oxygen atoms in total. The Labute approximate surface area is 171 Å². The van der Waals surface area contributed by atoms with E-state index in [4.69, 9.17) is 28.2 Å². The highest BCUT2D eigenvalue weighted by atomic mass is 35.5. The van der Waals surface area contributed by atoms with Crippen LogP contribution in [0.4, 0.5) is 5.69 Å². The number of aromatic nitrogens is 1.